The van der Waals surface area contributed by atoms with Crippen molar-refractivity contribution < 1.29 is 22.8 Å². The zero-order valence-corrected chi connectivity index (χ0v) is 15.2. The molecule has 10 heteroatoms. The van der Waals surface area contributed by atoms with Crippen molar-refractivity contribution >= 4 is 11.8 Å². The van der Waals surface area contributed by atoms with Crippen molar-refractivity contribution in [3.8, 4) is 0 Å². The molecule has 150 valence electrons. The van der Waals surface area contributed by atoms with Crippen molar-refractivity contribution in [3.05, 3.63) is 47.0 Å². The van der Waals surface area contributed by atoms with Gasteiger partial charge >= 0.3 is 6.18 Å². The first-order valence-corrected chi connectivity index (χ1v) is 8.90. The number of hydrogen-bond acceptors (Lipinski definition) is 4. The molecule has 3 rings (SSSR count). The Morgan fingerprint density at radius 2 is 2.00 bits per heavy atom. The summed E-state index contributed by atoms with van der Waals surface area (Å²) in [5.74, 6) is -0.607. The highest BCUT2D eigenvalue weighted by Crippen LogP contribution is 2.28. The molecule has 0 aromatic carbocycles. The number of rotatable bonds is 3. The van der Waals surface area contributed by atoms with E-state index in [1.54, 1.807) is 11.0 Å². The van der Waals surface area contributed by atoms with Crippen molar-refractivity contribution in [2.24, 2.45) is 0 Å². The number of nitrogens with zero attached hydrogens (tertiary/aromatic N) is 3. The van der Waals surface area contributed by atoms with Gasteiger partial charge in [-0.2, -0.15) is 18.3 Å². The SMILES string of the molecule is Cc1nc(C(F)(F)F)ccc1C(=O)N[C@@H]1CCCN(C(=O)c2ccn[nH]2)CC1. The molecule has 0 unspecified atom stereocenters. The van der Waals surface area contributed by atoms with Crippen LogP contribution in [-0.4, -0.2) is 51.0 Å². The second-order valence-corrected chi connectivity index (χ2v) is 6.69. The second-order valence-electron chi connectivity index (χ2n) is 6.69. The van der Waals surface area contributed by atoms with E-state index in [-0.39, 0.29) is 23.2 Å². The maximum Gasteiger partial charge on any atom is 0.433 e. The predicted octanol–water partition coefficient (Wildman–Crippen LogP) is 2.56. The van der Waals surface area contributed by atoms with Gasteiger partial charge in [0, 0.05) is 25.3 Å². The third-order valence-electron chi connectivity index (χ3n) is 4.70. The van der Waals surface area contributed by atoms with Gasteiger partial charge in [-0.25, -0.2) is 4.98 Å². The van der Waals surface area contributed by atoms with Gasteiger partial charge in [-0.05, 0) is 44.4 Å². The summed E-state index contributed by atoms with van der Waals surface area (Å²) in [6.07, 6.45) is -1.11. The number of pyridine rings is 1. The van der Waals surface area contributed by atoms with Crippen LogP contribution in [0.2, 0.25) is 0 Å². The summed E-state index contributed by atoms with van der Waals surface area (Å²) in [5, 5.41) is 9.27. The predicted molar refractivity (Wildman–Crippen MR) is 93.6 cm³/mol. The molecule has 2 amide bonds. The van der Waals surface area contributed by atoms with E-state index in [4.69, 9.17) is 0 Å². The lowest BCUT2D eigenvalue weighted by Crippen LogP contribution is -2.37. The smallest absolute Gasteiger partial charge is 0.349 e. The minimum Gasteiger partial charge on any atom is -0.349 e. The number of carbonyl (C=O) groups is 2. The number of aromatic nitrogens is 3. The normalized spacial score (nSPS) is 17.9. The molecule has 0 aliphatic carbocycles. The molecule has 0 saturated carbocycles. The Kier molecular flexibility index (Phi) is 5.66. The van der Waals surface area contributed by atoms with Gasteiger partial charge < -0.3 is 10.2 Å². The zero-order chi connectivity index (χ0) is 20.3. The Bertz CT molecular complexity index is 851. The Balaban J connectivity index is 1.61. The minimum atomic E-state index is -4.55. The summed E-state index contributed by atoms with van der Waals surface area (Å²) in [6, 6.07) is 3.38. The molecule has 1 saturated heterocycles. The highest BCUT2D eigenvalue weighted by atomic mass is 19.4. The first kappa shape index (κ1) is 19.8. The first-order chi connectivity index (χ1) is 13.3. The third kappa shape index (κ3) is 4.49. The second kappa shape index (κ2) is 7.99. The van der Waals surface area contributed by atoms with Gasteiger partial charge in [0.25, 0.3) is 11.8 Å². The molecule has 3 heterocycles. The fraction of sp³-hybridized carbons (Fsp3) is 0.444. The number of aryl methyl sites for hydroxylation is 1. The van der Waals surface area contributed by atoms with Gasteiger partial charge in [-0.15, -0.1) is 0 Å². The van der Waals surface area contributed by atoms with E-state index in [9.17, 15) is 22.8 Å². The van der Waals surface area contributed by atoms with Crippen LogP contribution in [0.1, 0.15) is 51.5 Å². The molecule has 1 fully saturated rings. The van der Waals surface area contributed by atoms with E-state index in [0.29, 0.717) is 38.0 Å². The highest BCUT2D eigenvalue weighted by Gasteiger charge is 2.33. The van der Waals surface area contributed by atoms with E-state index in [2.05, 4.69) is 20.5 Å². The van der Waals surface area contributed by atoms with E-state index in [1.807, 2.05) is 0 Å². The molecule has 1 aliphatic heterocycles. The molecule has 2 aromatic rings. The summed E-state index contributed by atoms with van der Waals surface area (Å²) in [7, 11) is 0. The van der Waals surface area contributed by atoms with Gasteiger partial charge in [-0.1, -0.05) is 0 Å². The lowest BCUT2D eigenvalue weighted by molar-refractivity contribution is -0.141. The average molecular weight is 395 g/mol. The number of H-pyrrole nitrogens is 1. The van der Waals surface area contributed by atoms with Crippen LogP contribution in [0.4, 0.5) is 13.2 Å². The number of halogens is 3. The van der Waals surface area contributed by atoms with E-state index >= 15 is 0 Å². The molecule has 0 spiro atoms. The summed E-state index contributed by atoms with van der Waals surface area (Å²) < 4.78 is 38.2. The van der Waals surface area contributed by atoms with Crippen molar-refractivity contribution in [3.63, 3.8) is 0 Å². The van der Waals surface area contributed by atoms with Crippen LogP contribution in [0.3, 0.4) is 0 Å². The molecule has 1 aliphatic rings. The monoisotopic (exact) mass is 395 g/mol. The summed E-state index contributed by atoms with van der Waals surface area (Å²) in [6.45, 7) is 2.40. The number of aromatic amines is 1. The molecule has 0 bridgehead atoms. The molecule has 28 heavy (non-hydrogen) atoms. The zero-order valence-electron chi connectivity index (χ0n) is 15.2. The number of nitrogens with one attached hydrogen (secondary N) is 2. The Hall–Kier alpha value is -2.91. The van der Waals surface area contributed by atoms with E-state index in [0.717, 1.165) is 12.1 Å². The van der Waals surface area contributed by atoms with E-state index in [1.165, 1.54) is 13.1 Å². The van der Waals surface area contributed by atoms with Crippen LogP contribution in [-0.2, 0) is 6.18 Å². The molecule has 7 nitrogen and oxygen atoms in total. The van der Waals surface area contributed by atoms with E-state index < -0.39 is 17.8 Å². The largest absolute Gasteiger partial charge is 0.433 e. The minimum absolute atomic E-state index is 0.0250. The maximum atomic E-state index is 12.7. The van der Waals surface area contributed by atoms with Crippen LogP contribution in [0.25, 0.3) is 0 Å². The standard InChI is InChI=1S/C18H20F3N5O2/c1-11-13(4-5-15(23-11)18(19,20)21)16(27)24-12-3-2-9-26(10-7-12)17(28)14-6-8-22-25-14/h4-6,8,12H,2-3,7,9-10H2,1H3,(H,22,25)(H,24,27)/t12-/m1/s1. The molecule has 0 radical (unpaired) electrons. The Labute approximate surface area is 159 Å². The number of alkyl halides is 3. The van der Waals surface area contributed by atoms with Gasteiger partial charge in [0.1, 0.15) is 11.4 Å². The number of carbonyl (C=O) groups excluding carboxylic acids is 2. The first-order valence-electron chi connectivity index (χ1n) is 8.90. The third-order valence-corrected chi connectivity index (χ3v) is 4.70. The van der Waals surface area contributed by atoms with Crippen LogP contribution in [0.15, 0.2) is 24.4 Å². The quantitative estimate of drug-likeness (QED) is 0.836. The number of hydrogen-bond donors (Lipinski definition) is 2. The summed E-state index contributed by atoms with van der Waals surface area (Å²) in [5.41, 5.74) is -0.474. The van der Waals surface area contributed by atoms with Crippen LogP contribution in [0.5, 0.6) is 0 Å². The molecular formula is C18H20F3N5O2. The fourth-order valence-electron chi connectivity index (χ4n) is 3.21. The maximum absolute atomic E-state index is 12.7. The van der Waals surface area contributed by atoms with Crippen molar-refractivity contribution in [1.29, 1.82) is 0 Å². The Morgan fingerprint density at radius 3 is 2.64 bits per heavy atom. The van der Waals surface area contributed by atoms with Crippen molar-refractivity contribution in [1.82, 2.24) is 25.4 Å². The van der Waals surface area contributed by atoms with Gasteiger partial charge in [-0.3, -0.25) is 14.7 Å². The summed E-state index contributed by atoms with van der Waals surface area (Å²) in [4.78, 5) is 30.1. The highest BCUT2D eigenvalue weighted by molar-refractivity contribution is 5.95. The van der Waals surface area contributed by atoms with Gasteiger partial charge in [0.15, 0.2) is 0 Å². The molecule has 2 N–H and O–H groups in total. The number of likely N-dealkylation sites (tertiary alicyclic amines) is 1. The molecule has 1 atom stereocenters. The fourth-order valence-corrected chi connectivity index (χ4v) is 3.21. The van der Waals surface area contributed by atoms with Gasteiger partial charge in [0.2, 0.25) is 0 Å². The summed E-state index contributed by atoms with van der Waals surface area (Å²) >= 11 is 0. The van der Waals surface area contributed by atoms with Gasteiger partial charge in [0.05, 0.1) is 11.3 Å². The Morgan fingerprint density at radius 1 is 1.21 bits per heavy atom. The van der Waals surface area contributed by atoms with Crippen LogP contribution in [0, 0.1) is 6.92 Å². The average Bonchev–Trinajstić information content (AvgIpc) is 3.07. The topological polar surface area (TPSA) is 91.0 Å². The van der Waals surface area contributed by atoms with Crippen molar-refractivity contribution in [2.45, 2.75) is 38.4 Å². The lowest BCUT2D eigenvalue weighted by atomic mass is 10.1. The van der Waals surface area contributed by atoms with Crippen LogP contribution < -0.4 is 5.32 Å². The molecular weight excluding hydrogens is 375 g/mol. The number of amides is 2. The van der Waals surface area contributed by atoms with Crippen LogP contribution >= 0.6 is 0 Å². The lowest BCUT2D eigenvalue weighted by Gasteiger charge is -2.20. The van der Waals surface area contributed by atoms with Crippen molar-refractivity contribution in [2.75, 3.05) is 13.1 Å². The molecule has 2 aromatic heterocycles.